The quantitative estimate of drug-likeness (QED) is 0.742. The average Bonchev–Trinajstić information content (AvgIpc) is 2.66. The first-order valence-electron chi connectivity index (χ1n) is 5.45. The van der Waals surface area contributed by atoms with E-state index in [0.29, 0.717) is 5.56 Å². The Morgan fingerprint density at radius 2 is 2.18 bits per heavy atom. The number of hydrogen-bond donors (Lipinski definition) is 3. The molecular weight excluding hydrogens is 218 g/mol. The van der Waals surface area contributed by atoms with E-state index in [1.165, 1.54) is 6.92 Å². The zero-order valence-electron chi connectivity index (χ0n) is 9.77. The van der Waals surface area contributed by atoms with Crippen LogP contribution in [0.5, 0.6) is 0 Å². The van der Waals surface area contributed by atoms with E-state index in [1.807, 2.05) is 12.1 Å². The van der Waals surface area contributed by atoms with E-state index in [2.05, 4.69) is 5.32 Å². The van der Waals surface area contributed by atoms with Crippen molar-refractivity contribution >= 4 is 17.7 Å². The van der Waals surface area contributed by atoms with Gasteiger partial charge in [-0.15, -0.1) is 0 Å². The second-order valence-electron chi connectivity index (χ2n) is 4.27. The number of carboxylic acids is 1. The Morgan fingerprint density at radius 1 is 1.47 bits per heavy atom. The molecule has 17 heavy (non-hydrogen) atoms. The molecule has 4 nitrogen and oxygen atoms in total. The van der Waals surface area contributed by atoms with Gasteiger partial charge in [-0.05, 0) is 36.3 Å². The molecule has 0 saturated carbocycles. The van der Waals surface area contributed by atoms with Crippen molar-refractivity contribution in [3.05, 3.63) is 35.4 Å². The standard InChI is InChI=1S/C13H15NO3/c1-8(12(15)16)13(17)6-5-9-3-4-10(14-2)7-11(9)13/h3-8,14,17H,1-2H3,(H,15,16). The molecule has 0 spiro atoms. The predicted octanol–water partition coefficient (Wildman–Crippen LogP) is 1.66. The van der Waals surface area contributed by atoms with E-state index in [0.717, 1.165) is 11.3 Å². The first-order chi connectivity index (χ1) is 7.99. The summed E-state index contributed by atoms with van der Waals surface area (Å²) in [5.41, 5.74) is 0.927. The van der Waals surface area contributed by atoms with Gasteiger partial charge in [-0.2, -0.15) is 0 Å². The van der Waals surface area contributed by atoms with E-state index in [1.54, 1.807) is 25.3 Å². The maximum Gasteiger partial charge on any atom is 0.309 e. The molecule has 2 rings (SSSR count). The molecule has 1 aliphatic carbocycles. The molecule has 2 atom stereocenters. The van der Waals surface area contributed by atoms with Gasteiger partial charge in [0.1, 0.15) is 5.60 Å². The van der Waals surface area contributed by atoms with Crippen molar-refractivity contribution < 1.29 is 15.0 Å². The van der Waals surface area contributed by atoms with Gasteiger partial charge in [0, 0.05) is 12.7 Å². The lowest BCUT2D eigenvalue weighted by Crippen LogP contribution is -2.35. The number of anilines is 1. The summed E-state index contributed by atoms with van der Waals surface area (Å²) < 4.78 is 0. The summed E-state index contributed by atoms with van der Waals surface area (Å²) in [6.07, 6.45) is 3.31. The van der Waals surface area contributed by atoms with E-state index in [-0.39, 0.29) is 0 Å². The Labute approximate surface area is 99.6 Å². The highest BCUT2D eigenvalue weighted by Gasteiger charge is 2.41. The third-order valence-electron chi connectivity index (χ3n) is 3.32. The Kier molecular flexibility index (Phi) is 2.67. The lowest BCUT2D eigenvalue weighted by molar-refractivity contribution is -0.148. The van der Waals surface area contributed by atoms with Crippen LogP contribution in [0.3, 0.4) is 0 Å². The van der Waals surface area contributed by atoms with Gasteiger partial charge < -0.3 is 15.5 Å². The molecule has 1 aromatic carbocycles. The maximum absolute atomic E-state index is 11.0. The minimum Gasteiger partial charge on any atom is -0.481 e. The molecule has 2 unspecified atom stereocenters. The fraction of sp³-hybridized carbons (Fsp3) is 0.308. The van der Waals surface area contributed by atoms with Gasteiger partial charge in [-0.1, -0.05) is 12.1 Å². The molecule has 0 saturated heterocycles. The van der Waals surface area contributed by atoms with Gasteiger partial charge in [0.15, 0.2) is 0 Å². The van der Waals surface area contributed by atoms with E-state index >= 15 is 0 Å². The SMILES string of the molecule is CNc1ccc2c(c1)C(O)(C(C)C(=O)O)C=C2. The van der Waals surface area contributed by atoms with Crippen LogP contribution in [-0.4, -0.2) is 23.2 Å². The predicted molar refractivity (Wildman–Crippen MR) is 65.7 cm³/mol. The Morgan fingerprint density at radius 3 is 2.76 bits per heavy atom. The number of fused-ring (bicyclic) bond motifs is 1. The van der Waals surface area contributed by atoms with E-state index in [9.17, 15) is 9.90 Å². The molecule has 90 valence electrons. The minimum absolute atomic E-state index is 0.638. The third-order valence-corrected chi connectivity index (χ3v) is 3.32. The van der Waals surface area contributed by atoms with Crippen molar-refractivity contribution in [2.75, 3.05) is 12.4 Å². The topological polar surface area (TPSA) is 69.6 Å². The molecular formula is C13H15NO3. The van der Waals surface area contributed by atoms with Crippen LogP contribution in [0, 0.1) is 5.92 Å². The molecule has 1 aliphatic rings. The van der Waals surface area contributed by atoms with Crippen molar-refractivity contribution in [2.24, 2.45) is 5.92 Å². The highest BCUT2D eigenvalue weighted by Crippen LogP contribution is 2.40. The summed E-state index contributed by atoms with van der Waals surface area (Å²) in [6, 6.07) is 5.54. The number of rotatable bonds is 3. The number of nitrogens with one attached hydrogen (secondary N) is 1. The number of carboxylic acid groups (broad SMARTS) is 1. The molecule has 0 aromatic heterocycles. The lowest BCUT2D eigenvalue weighted by atomic mass is 9.84. The van der Waals surface area contributed by atoms with E-state index in [4.69, 9.17) is 5.11 Å². The van der Waals surface area contributed by atoms with Gasteiger partial charge in [0.25, 0.3) is 0 Å². The summed E-state index contributed by atoms with van der Waals surface area (Å²) in [5.74, 6) is -1.90. The highest BCUT2D eigenvalue weighted by atomic mass is 16.4. The molecule has 4 heteroatoms. The number of aliphatic carboxylic acids is 1. The van der Waals surface area contributed by atoms with Crippen LogP contribution in [0.4, 0.5) is 5.69 Å². The normalized spacial score (nSPS) is 23.2. The van der Waals surface area contributed by atoms with Gasteiger partial charge in [-0.3, -0.25) is 4.79 Å². The first-order valence-corrected chi connectivity index (χ1v) is 5.45. The van der Waals surface area contributed by atoms with Gasteiger partial charge >= 0.3 is 5.97 Å². The van der Waals surface area contributed by atoms with Crippen LogP contribution in [0.1, 0.15) is 18.1 Å². The summed E-state index contributed by atoms with van der Waals surface area (Å²) in [6.45, 7) is 1.51. The van der Waals surface area contributed by atoms with Gasteiger partial charge in [-0.25, -0.2) is 0 Å². The second-order valence-corrected chi connectivity index (χ2v) is 4.27. The zero-order valence-corrected chi connectivity index (χ0v) is 9.77. The summed E-state index contributed by atoms with van der Waals surface area (Å²) in [4.78, 5) is 11.0. The molecule has 0 fully saturated rings. The molecule has 0 amide bonds. The van der Waals surface area contributed by atoms with Crippen molar-refractivity contribution in [2.45, 2.75) is 12.5 Å². The van der Waals surface area contributed by atoms with Crippen molar-refractivity contribution in [3.63, 3.8) is 0 Å². The number of aliphatic hydroxyl groups is 1. The average molecular weight is 233 g/mol. The minimum atomic E-state index is -1.42. The van der Waals surface area contributed by atoms with Crippen LogP contribution in [0.15, 0.2) is 24.3 Å². The van der Waals surface area contributed by atoms with Crippen molar-refractivity contribution in [1.29, 1.82) is 0 Å². The zero-order chi connectivity index (χ0) is 12.6. The summed E-state index contributed by atoms with van der Waals surface area (Å²) in [5, 5.41) is 22.5. The summed E-state index contributed by atoms with van der Waals surface area (Å²) >= 11 is 0. The molecule has 0 aliphatic heterocycles. The fourth-order valence-corrected chi connectivity index (χ4v) is 2.08. The van der Waals surface area contributed by atoms with Crippen LogP contribution in [-0.2, 0) is 10.4 Å². The van der Waals surface area contributed by atoms with Crippen LogP contribution in [0.2, 0.25) is 0 Å². The first kappa shape index (κ1) is 11.7. The maximum atomic E-state index is 11.0. The van der Waals surface area contributed by atoms with Crippen LogP contribution >= 0.6 is 0 Å². The highest BCUT2D eigenvalue weighted by molar-refractivity contribution is 5.76. The molecule has 0 radical (unpaired) electrons. The largest absolute Gasteiger partial charge is 0.481 e. The van der Waals surface area contributed by atoms with Crippen molar-refractivity contribution in [3.8, 4) is 0 Å². The Balaban J connectivity index is 2.50. The number of carbonyl (C=O) groups is 1. The number of benzene rings is 1. The van der Waals surface area contributed by atoms with E-state index < -0.39 is 17.5 Å². The molecule has 3 N–H and O–H groups in total. The Bertz CT molecular complexity index is 495. The Hall–Kier alpha value is -1.81. The second kappa shape index (κ2) is 3.89. The summed E-state index contributed by atoms with van der Waals surface area (Å²) in [7, 11) is 1.78. The van der Waals surface area contributed by atoms with Crippen molar-refractivity contribution in [1.82, 2.24) is 0 Å². The van der Waals surface area contributed by atoms with Crippen LogP contribution < -0.4 is 5.32 Å². The monoisotopic (exact) mass is 233 g/mol. The number of hydrogen-bond acceptors (Lipinski definition) is 3. The van der Waals surface area contributed by atoms with Gasteiger partial charge in [0.05, 0.1) is 5.92 Å². The lowest BCUT2D eigenvalue weighted by Gasteiger charge is -2.27. The fourth-order valence-electron chi connectivity index (χ4n) is 2.08. The molecule has 0 heterocycles. The molecule has 0 bridgehead atoms. The smallest absolute Gasteiger partial charge is 0.309 e. The third kappa shape index (κ3) is 1.70. The molecule has 1 aromatic rings. The van der Waals surface area contributed by atoms with Gasteiger partial charge in [0.2, 0.25) is 0 Å². The van der Waals surface area contributed by atoms with Crippen LogP contribution in [0.25, 0.3) is 6.08 Å².